The second-order valence-electron chi connectivity index (χ2n) is 6.50. The number of quaternary nitrogens is 1. The van der Waals surface area contributed by atoms with E-state index in [2.05, 4.69) is 59.5 Å². The Kier molecular flexibility index (Phi) is 4.42. The van der Waals surface area contributed by atoms with Crippen LogP contribution < -0.4 is 9.80 Å². The first-order valence-electron chi connectivity index (χ1n) is 8.61. The fraction of sp³-hybridized carbons (Fsp3) is 0.238. The highest BCUT2D eigenvalue weighted by molar-refractivity contribution is 6.33. The van der Waals surface area contributed by atoms with Gasteiger partial charge in [-0.2, -0.15) is 0 Å². The van der Waals surface area contributed by atoms with Crippen molar-refractivity contribution in [2.45, 2.75) is 6.54 Å². The Morgan fingerprint density at radius 1 is 0.833 bits per heavy atom. The Morgan fingerprint density at radius 2 is 1.54 bits per heavy atom. The van der Waals surface area contributed by atoms with Crippen LogP contribution in [0.4, 0.5) is 5.69 Å². The minimum atomic E-state index is 0.856. The molecular formula is C21H22ClN2+. The van der Waals surface area contributed by atoms with Gasteiger partial charge < -0.3 is 9.80 Å². The van der Waals surface area contributed by atoms with Crippen LogP contribution in [0.1, 0.15) is 5.56 Å². The SMILES string of the molecule is Clc1ccccc1N1CC[NH+](Cc2cccc3ccccc23)CC1. The molecular weight excluding hydrogens is 316 g/mol. The van der Waals surface area contributed by atoms with Crippen molar-refractivity contribution in [3.8, 4) is 0 Å². The van der Waals surface area contributed by atoms with E-state index in [1.807, 2.05) is 12.1 Å². The highest BCUT2D eigenvalue weighted by Crippen LogP contribution is 2.25. The summed E-state index contributed by atoms with van der Waals surface area (Å²) >= 11 is 6.34. The summed E-state index contributed by atoms with van der Waals surface area (Å²) in [5.41, 5.74) is 2.62. The van der Waals surface area contributed by atoms with Crippen molar-refractivity contribution >= 4 is 28.1 Å². The van der Waals surface area contributed by atoms with Gasteiger partial charge in [-0.05, 0) is 22.9 Å². The first-order chi connectivity index (χ1) is 11.8. The molecule has 4 rings (SSSR count). The molecule has 0 aliphatic carbocycles. The third-order valence-corrected chi connectivity index (χ3v) is 5.30. The van der Waals surface area contributed by atoms with Gasteiger partial charge in [-0.3, -0.25) is 0 Å². The van der Waals surface area contributed by atoms with Crippen molar-refractivity contribution < 1.29 is 4.90 Å². The van der Waals surface area contributed by atoms with E-state index in [0.717, 1.165) is 37.7 Å². The van der Waals surface area contributed by atoms with Crippen LogP contribution in [0.25, 0.3) is 10.8 Å². The molecule has 0 bridgehead atoms. The largest absolute Gasteiger partial charge is 0.359 e. The fourth-order valence-electron chi connectivity index (χ4n) is 3.66. The number of nitrogens with zero attached hydrogens (tertiary/aromatic N) is 1. The van der Waals surface area contributed by atoms with Gasteiger partial charge in [-0.1, -0.05) is 66.2 Å². The highest BCUT2D eigenvalue weighted by atomic mass is 35.5. The van der Waals surface area contributed by atoms with Crippen LogP contribution in [0, 0.1) is 0 Å². The molecule has 3 aromatic rings. The third kappa shape index (κ3) is 3.12. The summed E-state index contributed by atoms with van der Waals surface area (Å²) in [6.45, 7) is 5.51. The number of nitrogens with one attached hydrogen (secondary N) is 1. The lowest BCUT2D eigenvalue weighted by molar-refractivity contribution is -0.914. The molecule has 1 fully saturated rings. The molecule has 0 radical (unpaired) electrons. The summed E-state index contributed by atoms with van der Waals surface area (Å²) in [5, 5.41) is 3.58. The van der Waals surface area contributed by atoms with Crippen molar-refractivity contribution in [3.05, 3.63) is 77.3 Å². The minimum absolute atomic E-state index is 0.856. The molecule has 1 saturated heterocycles. The maximum Gasteiger partial charge on any atom is 0.104 e. The summed E-state index contributed by atoms with van der Waals surface area (Å²) in [6, 6.07) is 23.5. The van der Waals surface area contributed by atoms with E-state index >= 15 is 0 Å². The van der Waals surface area contributed by atoms with E-state index in [1.165, 1.54) is 22.0 Å². The van der Waals surface area contributed by atoms with E-state index in [-0.39, 0.29) is 0 Å². The summed E-state index contributed by atoms with van der Waals surface area (Å²) in [5.74, 6) is 0. The van der Waals surface area contributed by atoms with Gasteiger partial charge in [-0.25, -0.2) is 0 Å². The number of fused-ring (bicyclic) bond motifs is 1. The highest BCUT2D eigenvalue weighted by Gasteiger charge is 2.22. The van der Waals surface area contributed by atoms with Crippen LogP contribution in [0.15, 0.2) is 66.7 Å². The van der Waals surface area contributed by atoms with Gasteiger partial charge in [0.05, 0.1) is 36.9 Å². The van der Waals surface area contributed by atoms with Crippen LogP contribution in [-0.4, -0.2) is 26.2 Å². The Morgan fingerprint density at radius 3 is 2.38 bits per heavy atom. The van der Waals surface area contributed by atoms with Crippen molar-refractivity contribution in [3.63, 3.8) is 0 Å². The molecule has 0 atom stereocenters. The molecule has 3 aromatic carbocycles. The first-order valence-corrected chi connectivity index (χ1v) is 8.99. The van der Waals surface area contributed by atoms with E-state index in [0.29, 0.717) is 0 Å². The lowest BCUT2D eigenvalue weighted by atomic mass is 10.0. The van der Waals surface area contributed by atoms with E-state index < -0.39 is 0 Å². The molecule has 1 N–H and O–H groups in total. The first kappa shape index (κ1) is 15.5. The zero-order valence-corrected chi connectivity index (χ0v) is 14.5. The molecule has 24 heavy (non-hydrogen) atoms. The molecule has 0 unspecified atom stereocenters. The number of para-hydroxylation sites is 1. The molecule has 2 nitrogen and oxygen atoms in total. The van der Waals surface area contributed by atoms with E-state index in [9.17, 15) is 0 Å². The monoisotopic (exact) mass is 337 g/mol. The Labute approximate surface area is 148 Å². The number of halogens is 1. The summed E-state index contributed by atoms with van der Waals surface area (Å²) in [4.78, 5) is 4.06. The van der Waals surface area contributed by atoms with Gasteiger partial charge in [0.25, 0.3) is 0 Å². The molecule has 0 aromatic heterocycles. The predicted molar refractivity (Wildman–Crippen MR) is 102 cm³/mol. The number of benzene rings is 3. The summed E-state index contributed by atoms with van der Waals surface area (Å²) < 4.78 is 0. The quantitative estimate of drug-likeness (QED) is 0.769. The Hall–Kier alpha value is -2.03. The normalized spacial score (nSPS) is 15.8. The zero-order valence-electron chi connectivity index (χ0n) is 13.7. The topological polar surface area (TPSA) is 7.68 Å². The molecule has 1 heterocycles. The van der Waals surface area contributed by atoms with Crippen molar-refractivity contribution in [1.82, 2.24) is 0 Å². The van der Waals surface area contributed by atoms with Crippen LogP contribution in [0.2, 0.25) is 5.02 Å². The van der Waals surface area contributed by atoms with E-state index in [4.69, 9.17) is 11.6 Å². The summed E-state index contributed by atoms with van der Waals surface area (Å²) in [7, 11) is 0. The van der Waals surface area contributed by atoms with Gasteiger partial charge >= 0.3 is 0 Å². The maximum atomic E-state index is 6.34. The van der Waals surface area contributed by atoms with Crippen molar-refractivity contribution in [2.24, 2.45) is 0 Å². The van der Waals surface area contributed by atoms with Crippen molar-refractivity contribution in [2.75, 3.05) is 31.1 Å². The smallest absolute Gasteiger partial charge is 0.104 e. The van der Waals surface area contributed by atoms with Crippen molar-refractivity contribution in [1.29, 1.82) is 0 Å². The second kappa shape index (κ2) is 6.84. The van der Waals surface area contributed by atoms with Gasteiger partial charge in [0.1, 0.15) is 6.54 Å². The number of rotatable bonds is 3. The molecule has 0 spiro atoms. The van der Waals surface area contributed by atoms with Gasteiger partial charge in [0, 0.05) is 5.56 Å². The second-order valence-corrected chi connectivity index (χ2v) is 6.91. The minimum Gasteiger partial charge on any atom is -0.359 e. The third-order valence-electron chi connectivity index (χ3n) is 4.98. The zero-order chi connectivity index (χ0) is 16.4. The lowest BCUT2D eigenvalue weighted by Crippen LogP contribution is -3.13. The molecule has 0 amide bonds. The maximum absolute atomic E-state index is 6.34. The fourth-order valence-corrected chi connectivity index (χ4v) is 3.92. The standard InChI is InChI=1S/C21H21ClN2/c22-20-10-3-4-11-21(20)24-14-12-23(13-15-24)16-18-8-5-7-17-6-1-2-9-19(17)18/h1-11H,12-16H2/p+1. The Bertz CT molecular complexity index is 833. The molecule has 1 aliphatic heterocycles. The van der Waals surface area contributed by atoms with E-state index in [1.54, 1.807) is 4.90 Å². The van der Waals surface area contributed by atoms with Gasteiger partial charge in [0.15, 0.2) is 0 Å². The van der Waals surface area contributed by atoms with Crippen LogP contribution >= 0.6 is 11.6 Å². The number of hydrogen-bond acceptors (Lipinski definition) is 1. The molecule has 3 heteroatoms. The molecule has 1 aliphatic rings. The van der Waals surface area contributed by atoms with Gasteiger partial charge in [-0.15, -0.1) is 0 Å². The lowest BCUT2D eigenvalue weighted by Gasteiger charge is -2.34. The number of piperazine rings is 1. The Balaban J connectivity index is 1.46. The average molecular weight is 338 g/mol. The number of anilines is 1. The molecule has 122 valence electrons. The molecule has 0 saturated carbocycles. The number of hydrogen-bond donors (Lipinski definition) is 1. The van der Waals surface area contributed by atoms with Crippen LogP contribution in [0.5, 0.6) is 0 Å². The predicted octanol–water partition coefficient (Wildman–Crippen LogP) is 3.40. The van der Waals surface area contributed by atoms with Gasteiger partial charge in [0.2, 0.25) is 0 Å². The average Bonchev–Trinajstić information content (AvgIpc) is 2.63. The van der Waals surface area contributed by atoms with Crippen LogP contribution in [-0.2, 0) is 6.54 Å². The van der Waals surface area contributed by atoms with Crippen LogP contribution in [0.3, 0.4) is 0 Å². The summed E-state index contributed by atoms with van der Waals surface area (Å²) in [6.07, 6.45) is 0.